The smallest absolute Gasteiger partial charge is 0.156 e. The van der Waals surface area contributed by atoms with Gasteiger partial charge in [0.05, 0.1) is 0 Å². The fraction of sp³-hybridized carbons (Fsp3) is 0.750. The van der Waals surface area contributed by atoms with Crippen LogP contribution in [0.25, 0.3) is 0 Å². The van der Waals surface area contributed by atoms with E-state index in [9.17, 15) is 4.39 Å². The number of allylic oxidation sites excluding steroid dienone is 1. The fourth-order valence-electron chi connectivity index (χ4n) is 0.644. The van der Waals surface area contributed by atoms with Gasteiger partial charge in [-0.3, -0.25) is 0 Å². The Bertz CT molecular complexity index is 118. The first kappa shape index (κ1) is 10.0. The number of rotatable bonds is 4. The molecule has 0 nitrogen and oxygen atoms in total. The van der Waals surface area contributed by atoms with Crippen LogP contribution in [0, 0.1) is 0 Å². The zero-order chi connectivity index (χ0) is 8.20. The van der Waals surface area contributed by atoms with Crippen LogP contribution >= 0.6 is 11.8 Å². The fourth-order valence-corrected chi connectivity index (χ4v) is 0.992. The van der Waals surface area contributed by atoms with Crippen molar-refractivity contribution in [2.45, 2.75) is 31.7 Å². The lowest BCUT2D eigenvalue weighted by Gasteiger charge is -2.17. The standard InChI is InChI=1S/C8H15FS/c1-5-7(2)6-8(3,9)10-4/h2,5-6H2,1,3-4H3. The van der Waals surface area contributed by atoms with E-state index in [-0.39, 0.29) is 0 Å². The molecule has 0 aliphatic carbocycles. The van der Waals surface area contributed by atoms with Gasteiger partial charge in [0.1, 0.15) is 0 Å². The van der Waals surface area contributed by atoms with Crippen molar-refractivity contribution in [3.05, 3.63) is 12.2 Å². The molecule has 0 aromatic heterocycles. The van der Waals surface area contributed by atoms with Gasteiger partial charge in [-0.2, -0.15) is 0 Å². The van der Waals surface area contributed by atoms with Gasteiger partial charge in [0.2, 0.25) is 0 Å². The van der Waals surface area contributed by atoms with Gasteiger partial charge < -0.3 is 0 Å². The van der Waals surface area contributed by atoms with Crippen LogP contribution in [-0.2, 0) is 0 Å². The average molecular weight is 162 g/mol. The zero-order valence-electron chi connectivity index (χ0n) is 6.91. The van der Waals surface area contributed by atoms with Crippen molar-refractivity contribution in [1.82, 2.24) is 0 Å². The van der Waals surface area contributed by atoms with Gasteiger partial charge in [-0.25, -0.2) is 4.39 Å². The van der Waals surface area contributed by atoms with Crippen LogP contribution in [0.2, 0.25) is 0 Å². The zero-order valence-corrected chi connectivity index (χ0v) is 7.72. The molecule has 10 heavy (non-hydrogen) atoms. The maximum absolute atomic E-state index is 13.2. The Labute approximate surface area is 66.9 Å². The molecule has 0 aliphatic rings. The molecule has 0 aromatic rings. The summed E-state index contributed by atoms with van der Waals surface area (Å²) in [7, 11) is 0. The Kier molecular flexibility index (Phi) is 4.02. The highest BCUT2D eigenvalue weighted by Gasteiger charge is 2.21. The lowest BCUT2D eigenvalue weighted by atomic mass is 10.1. The number of alkyl halides is 1. The molecule has 0 aliphatic heterocycles. The molecule has 0 bridgehead atoms. The maximum Gasteiger partial charge on any atom is 0.156 e. The Morgan fingerprint density at radius 3 is 2.50 bits per heavy atom. The van der Waals surface area contributed by atoms with Crippen LogP contribution in [-0.4, -0.2) is 11.3 Å². The summed E-state index contributed by atoms with van der Waals surface area (Å²) in [6.07, 6.45) is 3.13. The molecule has 0 rings (SSSR count). The van der Waals surface area contributed by atoms with E-state index < -0.39 is 5.00 Å². The molecule has 0 radical (unpaired) electrons. The van der Waals surface area contributed by atoms with Crippen LogP contribution in [0.5, 0.6) is 0 Å². The van der Waals surface area contributed by atoms with Gasteiger partial charge in [-0.1, -0.05) is 19.1 Å². The number of hydrogen-bond acceptors (Lipinski definition) is 1. The molecule has 0 saturated heterocycles. The third-order valence-corrected chi connectivity index (χ3v) is 2.49. The highest BCUT2D eigenvalue weighted by molar-refractivity contribution is 7.99. The second-order valence-corrected chi connectivity index (χ2v) is 3.85. The van der Waals surface area contributed by atoms with Crippen molar-refractivity contribution in [2.24, 2.45) is 0 Å². The second-order valence-electron chi connectivity index (χ2n) is 2.59. The van der Waals surface area contributed by atoms with Crippen LogP contribution in [0.3, 0.4) is 0 Å². The van der Waals surface area contributed by atoms with Crippen molar-refractivity contribution in [3.8, 4) is 0 Å². The third kappa shape index (κ3) is 3.94. The molecular weight excluding hydrogens is 147 g/mol. The summed E-state index contributed by atoms with van der Waals surface area (Å²) in [5, 5.41) is -1.12. The summed E-state index contributed by atoms with van der Waals surface area (Å²) >= 11 is 1.24. The van der Waals surface area contributed by atoms with Crippen molar-refractivity contribution in [1.29, 1.82) is 0 Å². The first-order valence-corrected chi connectivity index (χ1v) is 4.65. The first-order valence-electron chi connectivity index (χ1n) is 3.42. The van der Waals surface area contributed by atoms with Crippen LogP contribution in [0.1, 0.15) is 26.7 Å². The summed E-state index contributed by atoms with van der Waals surface area (Å²) < 4.78 is 13.2. The van der Waals surface area contributed by atoms with E-state index in [1.807, 2.05) is 6.92 Å². The topological polar surface area (TPSA) is 0 Å². The maximum atomic E-state index is 13.2. The summed E-state index contributed by atoms with van der Waals surface area (Å²) in [6.45, 7) is 7.35. The van der Waals surface area contributed by atoms with Crippen LogP contribution < -0.4 is 0 Å². The molecule has 1 unspecified atom stereocenters. The number of halogens is 1. The molecular formula is C8H15FS. The van der Waals surface area contributed by atoms with Crippen molar-refractivity contribution < 1.29 is 4.39 Å². The van der Waals surface area contributed by atoms with Gasteiger partial charge in [-0.15, -0.1) is 11.8 Å². The van der Waals surface area contributed by atoms with Crippen LogP contribution in [0.15, 0.2) is 12.2 Å². The third-order valence-electron chi connectivity index (χ3n) is 1.49. The minimum absolute atomic E-state index is 0.477. The molecule has 2 heteroatoms. The Morgan fingerprint density at radius 2 is 2.20 bits per heavy atom. The lowest BCUT2D eigenvalue weighted by Crippen LogP contribution is -2.11. The molecule has 0 fully saturated rings. The molecule has 0 N–H and O–H groups in total. The molecule has 0 amide bonds. The predicted octanol–water partition coefficient (Wildman–Crippen LogP) is 3.39. The molecule has 0 heterocycles. The summed E-state index contributed by atoms with van der Waals surface area (Å²) in [4.78, 5) is 0. The molecule has 0 aromatic carbocycles. The number of thioether (sulfide) groups is 1. The lowest BCUT2D eigenvalue weighted by molar-refractivity contribution is 0.313. The minimum Gasteiger partial charge on any atom is -0.232 e. The van der Waals surface area contributed by atoms with E-state index in [2.05, 4.69) is 6.58 Å². The molecule has 60 valence electrons. The van der Waals surface area contributed by atoms with Crippen molar-refractivity contribution in [3.63, 3.8) is 0 Å². The van der Waals surface area contributed by atoms with E-state index in [0.717, 1.165) is 12.0 Å². The summed E-state index contributed by atoms with van der Waals surface area (Å²) in [5.74, 6) is 0. The van der Waals surface area contributed by atoms with Gasteiger partial charge in [0, 0.05) is 6.42 Å². The van der Waals surface area contributed by atoms with Crippen molar-refractivity contribution in [2.75, 3.05) is 6.26 Å². The van der Waals surface area contributed by atoms with E-state index in [1.54, 1.807) is 13.2 Å². The van der Waals surface area contributed by atoms with E-state index >= 15 is 0 Å². The molecule has 0 spiro atoms. The highest BCUT2D eigenvalue weighted by atomic mass is 32.2. The Hall–Kier alpha value is 0.0200. The van der Waals surface area contributed by atoms with Gasteiger partial charge in [0.25, 0.3) is 0 Å². The van der Waals surface area contributed by atoms with Crippen LogP contribution in [0.4, 0.5) is 4.39 Å². The monoisotopic (exact) mass is 162 g/mol. The van der Waals surface area contributed by atoms with E-state index in [4.69, 9.17) is 0 Å². The van der Waals surface area contributed by atoms with Gasteiger partial charge in [-0.05, 0) is 19.6 Å². The normalized spacial score (nSPS) is 16.4. The van der Waals surface area contributed by atoms with Gasteiger partial charge >= 0.3 is 0 Å². The minimum atomic E-state index is -1.12. The number of hydrogen-bond donors (Lipinski definition) is 0. The molecule has 0 saturated carbocycles. The summed E-state index contributed by atoms with van der Waals surface area (Å²) in [6, 6.07) is 0. The quantitative estimate of drug-likeness (QED) is 0.571. The largest absolute Gasteiger partial charge is 0.232 e. The first-order chi connectivity index (χ1) is 4.52. The second kappa shape index (κ2) is 4.02. The van der Waals surface area contributed by atoms with Gasteiger partial charge in [0.15, 0.2) is 5.00 Å². The van der Waals surface area contributed by atoms with E-state index in [0.29, 0.717) is 6.42 Å². The predicted molar refractivity (Wildman–Crippen MR) is 47.1 cm³/mol. The molecule has 1 atom stereocenters. The Balaban J connectivity index is 3.76. The highest BCUT2D eigenvalue weighted by Crippen LogP contribution is 2.31. The van der Waals surface area contributed by atoms with E-state index in [1.165, 1.54) is 11.8 Å². The van der Waals surface area contributed by atoms with Crippen molar-refractivity contribution >= 4 is 11.8 Å². The summed E-state index contributed by atoms with van der Waals surface area (Å²) in [5.41, 5.74) is 0.986. The Morgan fingerprint density at radius 1 is 1.70 bits per heavy atom. The average Bonchev–Trinajstić information content (AvgIpc) is 1.87. The SMILES string of the molecule is C=C(CC)CC(C)(F)SC.